The fourth-order valence-corrected chi connectivity index (χ4v) is 2.98. The van der Waals surface area contributed by atoms with E-state index >= 15 is 0 Å². The van der Waals surface area contributed by atoms with Gasteiger partial charge in [0, 0.05) is 42.1 Å². The molecular formula is C10H17N3O4S2. The van der Waals surface area contributed by atoms with Gasteiger partial charge in [-0.05, 0) is 13.0 Å². The van der Waals surface area contributed by atoms with Gasteiger partial charge < -0.3 is 9.88 Å². The minimum Gasteiger partial charge on any atom is -0.347 e. The molecule has 1 aromatic rings. The maximum atomic E-state index is 11.9. The third-order valence-corrected chi connectivity index (χ3v) is 4.25. The molecule has 0 fully saturated rings. The Kier molecular flexibility index (Phi) is 4.88. The summed E-state index contributed by atoms with van der Waals surface area (Å²) in [6.07, 6.45) is 2.82. The molecule has 0 aliphatic heterocycles. The van der Waals surface area contributed by atoms with Crippen molar-refractivity contribution in [3.63, 3.8) is 0 Å². The number of rotatable bonds is 5. The predicted octanol–water partition coefficient (Wildman–Crippen LogP) is -0.831. The van der Waals surface area contributed by atoms with Crippen molar-refractivity contribution in [1.29, 1.82) is 0 Å². The SMILES string of the molecule is CC(CS(C)=O)NC(=O)c1cc(S(N)(=O)=O)cn1C. The minimum atomic E-state index is -3.83. The number of nitrogens with two attached hydrogens (primary N) is 1. The van der Waals surface area contributed by atoms with Gasteiger partial charge in [0.2, 0.25) is 10.0 Å². The van der Waals surface area contributed by atoms with Crippen LogP contribution in [-0.4, -0.2) is 41.2 Å². The van der Waals surface area contributed by atoms with Gasteiger partial charge >= 0.3 is 0 Å². The number of hydrogen-bond donors (Lipinski definition) is 2. The largest absolute Gasteiger partial charge is 0.347 e. The smallest absolute Gasteiger partial charge is 0.268 e. The molecule has 1 heterocycles. The fourth-order valence-electron chi connectivity index (χ4n) is 1.61. The molecule has 0 bridgehead atoms. The summed E-state index contributed by atoms with van der Waals surface area (Å²) in [4.78, 5) is 11.8. The summed E-state index contributed by atoms with van der Waals surface area (Å²) in [5.41, 5.74) is 0.178. The van der Waals surface area contributed by atoms with Gasteiger partial charge in [-0.15, -0.1) is 0 Å². The van der Waals surface area contributed by atoms with Crippen LogP contribution in [-0.2, 0) is 27.9 Å². The Morgan fingerprint density at radius 3 is 2.58 bits per heavy atom. The van der Waals surface area contributed by atoms with Crippen molar-refractivity contribution in [3.05, 3.63) is 18.0 Å². The van der Waals surface area contributed by atoms with Gasteiger partial charge in [0.05, 0.1) is 0 Å². The zero-order chi connectivity index (χ0) is 14.8. The van der Waals surface area contributed by atoms with E-state index in [0.29, 0.717) is 5.75 Å². The summed E-state index contributed by atoms with van der Waals surface area (Å²) in [7, 11) is -3.31. The van der Waals surface area contributed by atoms with Gasteiger partial charge in [0.25, 0.3) is 5.91 Å². The van der Waals surface area contributed by atoms with Crippen LogP contribution in [0.15, 0.2) is 17.2 Å². The molecule has 0 aromatic carbocycles. The van der Waals surface area contributed by atoms with Crippen molar-refractivity contribution in [2.75, 3.05) is 12.0 Å². The van der Waals surface area contributed by atoms with Gasteiger partial charge in [-0.3, -0.25) is 9.00 Å². The molecule has 0 saturated heterocycles. The first-order valence-corrected chi connectivity index (χ1v) is 8.68. The highest BCUT2D eigenvalue weighted by Crippen LogP contribution is 2.11. The van der Waals surface area contributed by atoms with Crippen molar-refractivity contribution >= 4 is 26.7 Å². The second kappa shape index (κ2) is 5.85. The van der Waals surface area contributed by atoms with E-state index in [1.807, 2.05) is 0 Å². The third-order valence-electron chi connectivity index (χ3n) is 2.40. The quantitative estimate of drug-likeness (QED) is 0.739. The van der Waals surface area contributed by atoms with Crippen LogP contribution in [0.4, 0.5) is 0 Å². The summed E-state index contributed by atoms with van der Waals surface area (Å²) < 4.78 is 34.8. The highest BCUT2D eigenvalue weighted by molar-refractivity contribution is 7.89. The van der Waals surface area contributed by atoms with Crippen molar-refractivity contribution in [2.24, 2.45) is 12.2 Å². The van der Waals surface area contributed by atoms with Crippen LogP contribution in [0.1, 0.15) is 17.4 Å². The predicted molar refractivity (Wildman–Crippen MR) is 72.6 cm³/mol. The van der Waals surface area contributed by atoms with Crippen LogP contribution in [0.25, 0.3) is 0 Å². The number of sulfonamides is 1. The lowest BCUT2D eigenvalue weighted by Crippen LogP contribution is -2.37. The lowest BCUT2D eigenvalue weighted by Gasteiger charge is -2.12. The molecule has 7 nitrogen and oxygen atoms in total. The standard InChI is InChI=1S/C10H17N3O4S2/c1-7(6-18(3)15)12-10(14)9-4-8(5-13(9)2)19(11,16)17/h4-5,7H,6H2,1-3H3,(H,12,14)(H2,11,16,17). The van der Waals surface area contributed by atoms with Gasteiger partial charge in [-0.2, -0.15) is 0 Å². The number of nitrogens with zero attached hydrogens (tertiary/aromatic N) is 1. The van der Waals surface area contributed by atoms with Gasteiger partial charge in [-0.1, -0.05) is 0 Å². The van der Waals surface area contributed by atoms with Crippen molar-refractivity contribution in [3.8, 4) is 0 Å². The highest BCUT2D eigenvalue weighted by atomic mass is 32.2. The van der Waals surface area contributed by atoms with Gasteiger partial charge in [0.1, 0.15) is 10.6 Å². The number of aryl methyl sites for hydroxylation is 1. The monoisotopic (exact) mass is 307 g/mol. The van der Waals surface area contributed by atoms with E-state index in [2.05, 4.69) is 5.32 Å². The van der Waals surface area contributed by atoms with E-state index in [1.54, 1.807) is 20.2 Å². The molecule has 1 rings (SSSR count). The molecule has 2 atom stereocenters. The Morgan fingerprint density at radius 2 is 2.16 bits per heavy atom. The van der Waals surface area contributed by atoms with E-state index in [0.717, 1.165) is 0 Å². The Labute approximate surface area is 114 Å². The average molecular weight is 307 g/mol. The molecule has 108 valence electrons. The first-order valence-electron chi connectivity index (χ1n) is 5.41. The molecule has 0 radical (unpaired) electrons. The normalized spacial score (nSPS) is 14.9. The van der Waals surface area contributed by atoms with E-state index in [-0.39, 0.29) is 16.6 Å². The van der Waals surface area contributed by atoms with Crippen LogP contribution in [0.3, 0.4) is 0 Å². The zero-order valence-corrected chi connectivity index (χ0v) is 12.5. The summed E-state index contributed by atoms with van der Waals surface area (Å²) >= 11 is 0. The molecule has 0 spiro atoms. The third kappa shape index (κ3) is 4.44. The number of nitrogens with one attached hydrogen (secondary N) is 1. The topological polar surface area (TPSA) is 111 Å². The zero-order valence-electron chi connectivity index (χ0n) is 10.9. The Hall–Kier alpha value is -1.19. The van der Waals surface area contributed by atoms with Crippen molar-refractivity contribution in [2.45, 2.75) is 17.9 Å². The Bertz CT molecular complexity index is 606. The van der Waals surface area contributed by atoms with E-state index in [1.165, 1.54) is 16.8 Å². The first kappa shape index (κ1) is 15.9. The summed E-state index contributed by atoms with van der Waals surface area (Å²) in [6, 6.07) is 0.937. The molecule has 1 aromatic heterocycles. The average Bonchev–Trinajstić information content (AvgIpc) is 2.58. The number of amides is 1. The molecule has 0 saturated carbocycles. The molecule has 1 amide bonds. The number of aromatic nitrogens is 1. The van der Waals surface area contributed by atoms with E-state index < -0.39 is 26.7 Å². The van der Waals surface area contributed by atoms with Crippen LogP contribution < -0.4 is 10.5 Å². The van der Waals surface area contributed by atoms with Crippen LogP contribution >= 0.6 is 0 Å². The molecule has 0 aliphatic carbocycles. The molecule has 3 N–H and O–H groups in total. The van der Waals surface area contributed by atoms with Crippen molar-refractivity contribution in [1.82, 2.24) is 9.88 Å². The highest BCUT2D eigenvalue weighted by Gasteiger charge is 2.18. The Balaban J connectivity index is 2.89. The minimum absolute atomic E-state index is 0.119. The number of primary sulfonamides is 1. The maximum absolute atomic E-state index is 11.9. The van der Waals surface area contributed by atoms with Gasteiger partial charge in [0.15, 0.2) is 0 Å². The molecule has 2 unspecified atom stereocenters. The lowest BCUT2D eigenvalue weighted by molar-refractivity contribution is 0.0935. The van der Waals surface area contributed by atoms with E-state index in [9.17, 15) is 17.4 Å². The maximum Gasteiger partial charge on any atom is 0.268 e. The summed E-state index contributed by atoms with van der Waals surface area (Å²) in [5.74, 6) is -0.103. The summed E-state index contributed by atoms with van der Waals surface area (Å²) in [5, 5.41) is 7.64. The lowest BCUT2D eigenvalue weighted by atomic mass is 10.3. The molecule has 9 heteroatoms. The van der Waals surface area contributed by atoms with E-state index in [4.69, 9.17) is 5.14 Å². The van der Waals surface area contributed by atoms with Crippen LogP contribution in [0, 0.1) is 0 Å². The number of hydrogen-bond acceptors (Lipinski definition) is 4. The van der Waals surface area contributed by atoms with Gasteiger partial charge in [-0.25, -0.2) is 13.6 Å². The molecular weight excluding hydrogens is 290 g/mol. The number of carbonyl (C=O) groups is 1. The first-order chi connectivity index (χ1) is 8.61. The second-order valence-electron chi connectivity index (χ2n) is 4.33. The summed E-state index contributed by atoms with van der Waals surface area (Å²) in [6.45, 7) is 1.73. The molecule has 0 aliphatic rings. The van der Waals surface area contributed by atoms with Crippen molar-refractivity contribution < 1.29 is 17.4 Å². The Morgan fingerprint density at radius 1 is 1.58 bits per heavy atom. The van der Waals surface area contributed by atoms with Crippen LogP contribution in [0.5, 0.6) is 0 Å². The number of carbonyl (C=O) groups excluding carboxylic acids is 1. The fraction of sp³-hybridized carbons (Fsp3) is 0.500. The van der Waals surface area contributed by atoms with Crippen LogP contribution in [0.2, 0.25) is 0 Å². The molecule has 19 heavy (non-hydrogen) atoms. The second-order valence-corrected chi connectivity index (χ2v) is 7.37.